The van der Waals surface area contributed by atoms with E-state index in [1.165, 1.54) is 19.2 Å². The minimum Gasteiger partial charge on any atom is -0.494 e. The van der Waals surface area contributed by atoms with Crippen molar-refractivity contribution in [2.45, 2.75) is 19.8 Å². The molecule has 1 heterocycles. The molecule has 1 aromatic heterocycles. The molecule has 1 N–H and O–H groups in total. The van der Waals surface area contributed by atoms with Gasteiger partial charge in [-0.3, -0.25) is 0 Å². The average molecular weight is 248 g/mol. The molecule has 0 saturated heterocycles. The Balaban J connectivity index is 2.69. The van der Waals surface area contributed by atoms with Crippen LogP contribution in [0.4, 0.5) is 10.2 Å². The normalized spacial score (nSPS) is 10.7. The Hall–Kier alpha value is -1.84. The Labute approximate surface area is 106 Å². The summed E-state index contributed by atoms with van der Waals surface area (Å²) in [4.78, 5) is 4.52. The van der Waals surface area contributed by atoms with Crippen molar-refractivity contribution in [3.8, 4) is 5.75 Å². The fourth-order valence-electron chi connectivity index (χ4n) is 2.10. The predicted molar refractivity (Wildman–Crippen MR) is 71.8 cm³/mol. The molecule has 0 aliphatic rings. The third-order valence-electron chi connectivity index (χ3n) is 2.90. The van der Waals surface area contributed by atoms with Gasteiger partial charge in [-0.2, -0.15) is 0 Å². The number of nitrogens with one attached hydrogen (secondary N) is 1. The lowest BCUT2D eigenvalue weighted by atomic mass is 10.1. The van der Waals surface area contributed by atoms with Gasteiger partial charge in [-0.25, -0.2) is 9.37 Å². The van der Waals surface area contributed by atoms with Crippen molar-refractivity contribution in [2.24, 2.45) is 0 Å². The van der Waals surface area contributed by atoms with E-state index in [1.807, 2.05) is 13.1 Å². The molecule has 2 rings (SSSR count). The van der Waals surface area contributed by atoms with Crippen LogP contribution in [0.2, 0.25) is 0 Å². The van der Waals surface area contributed by atoms with Crippen LogP contribution in [-0.2, 0) is 6.42 Å². The van der Waals surface area contributed by atoms with Gasteiger partial charge < -0.3 is 10.1 Å². The van der Waals surface area contributed by atoms with Gasteiger partial charge in [0.25, 0.3) is 0 Å². The van der Waals surface area contributed by atoms with Crippen molar-refractivity contribution in [3.05, 3.63) is 29.6 Å². The van der Waals surface area contributed by atoms with E-state index in [-0.39, 0.29) is 5.82 Å². The fourth-order valence-corrected chi connectivity index (χ4v) is 2.10. The number of rotatable bonds is 4. The van der Waals surface area contributed by atoms with Gasteiger partial charge in [0.2, 0.25) is 0 Å². The molecule has 96 valence electrons. The maximum atomic E-state index is 13.5. The zero-order chi connectivity index (χ0) is 13.1. The lowest BCUT2D eigenvalue weighted by molar-refractivity contribution is 0.415. The van der Waals surface area contributed by atoms with Crippen LogP contribution in [0, 0.1) is 5.82 Å². The molecular formula is C14H17FN2O. The molecule has 4 heteroatoms. The summed E-state index contributed by atoms with van der Waals surface area (Å²) >= 11 is 0. The molecule has 0 saturated carbocycles. The maximum Gasteiger partial charge on any atom is 0.148 e. The predicted octanol–water partition coefficient (Wildman–Crippen LogP) is 3.38. The first-order valence-corrected chi connectivity index (χ1v) is 6.04. The zero-order valence-electron chi connectivity index (χ0n) is 10.9. The van der Waals surface area contributed by atoms with Crippen LogP contribution >= 0.6 is 0 Å². The lowest BCUT2D eigenvalue weighted by Crippen LogP contribution is -2.00. The Morgan fingerprint density at radius 2 is 2.11 bits per heavy atom. The minimum absolute atomic E-state index is 0.305. The van der Waals surface area contributed by atoms with Crippen LogP contribution in [0.1, 0.15) is 18.9 Å². The monoisotopic (exact) mass is 248 g/mol. The van der Waals surface area contributed by atoms with Crippen molar-refractivity contribution >= 4 is 16.7 Å². The number of ether oxygens (including phenoxy) is 1. The Kier molecular flexibility index (Phi) is 3.65. The van der Waals surface area contributed by atoms with E-state index in [0.29, 0.717) is 11.3 Å². The average Bonchev–Trinajstić information content (AvgIpc) is 2.37. The Morgan fingerprint density at radius 3 is 2.72 bits per heavy atom. The summed E-state index contributed by atoms with van der Waals surface area (Å²) in [6, 6.07) is 4.82. The van der Waals surface area contributed by atoms with Gasteiger partial charge in [0, 0.05) is 18.5 Å². The smallest absolute Gasteiger partial charge is 0.148 e. The van der Waals surface area contributed by atoms with Gasteiger partial charge in [-0.1, -0.05) is 13.3 Å². The molecule has 0 aliphatic carbocycles. The van der Waals surface area contributed by atoms with Crippen LogP contribution < -0.4 is 10.1 Å². The van der Waals surface area contributed by atoms with Crippen LogP contribution in [0.25, 0.3) is 10.9 Å². The standard InChI is InChI=1S/C14H17FN2O/c1-4-5-9-6-10-7-11(15)8-12(18-3)13(10)17-14(9)16-2/h6-8H,4-5H2,1-3H3,(H,16,17). The highest BCUT2D eigenvalue weighted by Crippen LogP contribution is 2.29. The molecule has 3 nitrogen and oxygen atoms in total. The number of benzene rings is 1. The summed E-state index contributed by atoms with van der Waals surface area (Å²) in [6.45, 7) is 2.11. The van der Waals surface area contributed by atoms with E-state index < -0.39 is 0 Å². The second-order valence-electron chi connectivity index (χ2n) is 4.18. The van der Waals surface area contributed by atoms with Gasteiger partial charge >= 0.3 is 0 Å². The molecule has 18 heavy (non-hydrogen) atoms. The minimum atomic E-state index is -0.305. The topological polar surface area (TPSA) is 34.1 Å². The van der Waals surface area contributed by atoms with Crippen molar-refractivity contribution < 1.29 is 9.13 Å². The van der Waals surface area contributed by atoms with E-state index in [0.717, 1.165) is 29.6 Å². The molecule has 0 atom stereocenters. The second-order valence-corrected chi connectivity index (χ2v) is 4.18. The van der Waals surface area contributed by atoms with Gasteiger partial charge in [0.15, 0.2) is 0 Å². The first-order chi connectivity index (χ1) is 8.69. The first-order valence-electron chi connectivity index (χ1n) is 6.04. The highest BCUT2D eigenvalue weighted by molar-refractivity contribution is 5.87. The number of nitrogens with zero attached hydrogens (tertiary/aromatic N) is 1. The van der Waals surface area contributed by atoms with Crippen molar-refractivity contribution in [2.75, 3.05) is 19.5 Å². The number of hydrogen-bond acceptors (Lipinski definition) is 3. The van der Waals surface area contributed by atoms with Gasteiger partial charge in [-0.15, -0.1) is 0 Å². The summed E-state index contributed by atoms with van der Waals surface area (Å²) in [5.41, 5.74) is 1.78. The molecule has 0 aliphatic heterocycles. The number of halogens is 1. The molecule has 0 spiro atoms. The highest BCUT2D eigenvalue weighted by atomic mass is 19.1. The molecule has 2 aromatic rings. The van der Waals surface area contributed by atoms with E-state index in [9.17, 15) is 4.39 Å². The summed E-state index contributed by atoms with van der Waals surface area (Å²) in [7, 11) is 3.36. The molecular weight excluding hydrogens is 231 g/mol. The van der Waals surface area contributed by atoms with Crippen LogP contribution in [0.3, 0.4) is 0 Å². The summed E-state index contributed by atoms with van der Waals surface area (Å²) in [5, 5.41) is 3.85. The highest BCUT2D eigenvalue weighted by Gasteiger charge is 2.10. The van der Waals surface area contributed by atoms with Crippen molar-refractivity contribution in [1.82, 2.24) is 4.98 Å². The van der Waals surface area contributed by atoms with Gasteiger partial charge in [0.05, 0.1) is 7.11 Å². The fraction of sp³-hybridized carbons (Fsp3) is 0.357. The number of aromatic nitrogens is 1. The number of aryl methyl sites for hydroxylation is 1. The van der Waals surface area contributed by atoms with Gasteiger partial charge in [-0.05, 0) is 24.1 Å². The molecule has 0 amide bonds. The van der Waals surface area contributed by atoms with E-state index in [2.05, 4.69) is 17.2 Å². The molecule has 0 radical (unpaired) electrons. The SMILES string of the molecule is CCCc1cc2cc(F)cc(OC)c2nc1NC. The van der Waals surface area contributed by atoms with Crippen LogP contribution in [-0.4, -0.2) is 19.1 Å². The van der Waals surface area contributed by atoms with Crippen molar-refractivity contribution in [1.29, 1.82) is 0 Å². The number of methoxy groups -OCH3 is 1. The first kappa shape index (κ1) is 12.6. The van der Waals surface area contributed by atoms with Crippen LogP contribution in [0.5, 0.6) is 5.75 Å². The second kappa shape index (κ2) is 5.21. The quantitative estimate of drug-likeness (QED) is 0.900. The molecule has 1 aromatic carbocycles. The number of fused-ring (bicyclic) bond motifs is 1. The Bertz CT molecular complexity index is 569. The lowest BCUT2D eigenvalue weighted by Gasteiger charge is -2.11. The van der Waals surface area contributed by atoms with E-state index >= 15 is 0 Å². The zero-order valence-corrected chi connectivity index (χ0v) is 10.9. The number of hydrogen-bond donors (Lipinski definition) is 1. The summed E-state index contributed by atoms with van der Waals surface area (Å²) in [5.74, 6) is 0.986. The summed E-state index contributed by atoms with van der Waals surface area (Å²) in [6.07, 6.45) is 1.94. The third kappa shape index (κ3) is 2.23. The third-order valence-corrected chi connectivity index (χ3v) is 2.90. The number of pyridine rings is 1. The van der Waals surface area contributed by atoms with Crippen LogP contribution in [0.15, 0.2) is 18.2 Å². The molecule has 0 bridgehead atoms. The van der Waals surface area contributed by atoms with Gasteiger partial charge in [0.1, 0.15) is 22.9 Å². The molecule has 0 unspecified atom stereocenters. The Morgan fingerprint density at radius 1 is 1.33 bits per heavy atom. The van der Waals surface area contributed by atoms with Crippen molar-refractivity contribution in [3.63, 3.8) is 0 Å². The molecule has 0 fully saturated rings. The maximum absolute atomic E-state index is 13.5. The number of anilines is 1. The van der Waals surface area contributed by atoms with E-state index in [4.69, 9.17) is 4.74 Å². The largest absolute Gasteiger partial charge is 0.494 e. The summed E-state index contributed by atoms with van der Waals surface area (Å²) < 4.78 is 18.6. The van der Waals surface area contributed by atoms with E-state index in [1.54, 1.807) is 0 Å².